The molecule has 2 aliphatic heterocycles. The first-order chi connectivity index (χ1) is 16.8. The van der Waals surface area contributed by atoms with Gasteiger partial charge >= 0.3 is 0 Å². The number of carbonyl (C=O) groups is 1. The molecule has 1 fully saturated rings. The lowest BCUT2D eigenvalue weighted by atomic mass is 9.86. The number of phenols is 1. The van der Waals surface area contributed by atoms with Crippen LogP contribution in [0.15, 0.2) is 42.5 Å². The largest absolute Gasteiger partial charge is 0.508 e. The van der Waals surface area contributed by atoms with Crippen LogP contribution in [0.5, 0.6) is 5.75 Å². The molecule has 2 aromatic carbocycles. The van der Waals surface area contributed by atoms with E-state index >= 15 is 0 Å². The van der Waals surface area contributed by atoms with Gasteiger partial charge in [0.05, 0.1) is 6.26 Å². The summed E-state index contributed by atoms with van der Waals surface area (Å²) >= 11 is 0. The van der Waals surface area contributed by atoms with Crippen LogP contribution in [0.25, 0.3) is 0 Å². The lowest BCUT2D eigenvalue weighted by molar-refractivity contribution is -0.116. The first-order valence-electron chi connectivity index (χ1n) is 12.7. The molecule has 0 aliphatic carbocycles. The molecule has 0 aromatic heterocycles. The van der Waals surface area contributed by atoms with Crippen molar-refractivity contribution in [3.8, 4) is 5.75 Å². The highest BCUT2D eigenvalue weighted by atomic mass is 32.2. The molecule has 0 spiro atoms. The molecule has 1 saturated heterocycles. The van der Waals surface area contributed by atoms with E-state index in [0.29, 0.717) is 32.6 Å². The Kier molecular flexibility index (Phi) is 7.51. The number of sulfonamides is 1. The first kappa shape index (κ1) is 26.6. The van der Waals surface area contributed by atoms with Crippen LogP contribution in [0.1, 0.15) is 63.6 Å². The fraction of sp³-hybridized carbons (Fsp3) is 0.536. The van der Waals surface area contributed by atoms with Gasteiger partial charge in [0.1, 0.15) is 5.75 Å². The summed E-state index contributed by atoms with van der Waals surface area (Å²) in [6.45, 7) is 10.0. The van der Waals surface area contributed by atoms with Gasteiger partial charge in [0.15, 0.2) is 0 Å². The molecular formula is C28H39N3O4S. The Hall–Kier alpha value is -2.42. The van der Waals surface area contributed by atoms with Gasteiger partial charge < -0.3 is 10.0 Å². The Morgan fingerprint density at radius 2 is 1.75 bits per heavy atom. The molecule has 8 heteroatoms. The van der Waals surface area contributed by atoms with Crippen molar-refractivity contribution >= 4 is 21.6 Å². The van der Waals surface area contributed by atoms with E-state index in [1.807, 2.05) is 30.3 Å². The molecule has 1 amide bonds. The van der Waals surface area contributed by atoms with Gasteiger partial charge in [-0.15, -0.1) is 0 Å². The molecule has 7 nitrogen and oxygen atoms in total. The van der Waals surface area contributed by atoms with Gasteiger partial charge in [0, 0.05) is 56.4 Å². The number of benzene rings is 2. The van der Waals surface area contributed by atoms with Crippen LogP contribution in [-0.2, 0) is 33.3 Å². The normalized spacial score (nSPS) is 22.2. The second-order valence-corrected chi connectivity index (χ2v) is 13.2. The molecular weight excluding hydrogens is 474 g/mol. The molecule has 0 unspecified atom stereocenters. The molecule has 4 rings (SSSR count). The van der Waals surface area contributed by atoms with E-state index in [1.54, 1.807) is 22.2 Å². The summed E-state index contributed by atoms with van der Waals surface area (Å²) in [5, 5.41) is 10.7. The fourth-order valence-electron chi connectivity index (χ4n) is 5.70. The number of amides is 1. The number of fused-ring (bicyclic) bond motifs is 3. The third-order valence-corrected chi connectivity index (χ3v) is 8.85. The van der Waals surface area contributed by atoms with Crippen molar-refractivity contribution in [1.82, 2.24) is 9.21 Å². The summed E-state index contributed by atoms with van der Waals surface area (Å²) in [4.78, 5) is 16.7. The van der Waals surface area contributed by atoms with E-state index < -0.39 is 10.0 Å². The average molecular weight is 514 g/mol. The van der Waals surface area contributed by atoms with Crippen molar-refractivity contribution < 1.29 is 18.3 Å². The van der Waals surface area contributed by atoms with Crippen molar-refractivity contribution in [2.45, 2.75) is 77.5 Å². The Morgan fingerprint density at radius 3 is 2.42 bits per heavy atom. The van der Waals surface area contributed by atoms with Gasteiger partial charge in [-0.3, -0.25) is 9.69 Å². The van der Waals surface area contributed by atoms with Crippen LogP contribution in [0, 0.1) is 0 Å². The van der Waals surface area contributed by atoms with Crippen molar-refractivity contribution in [2.75, 3.05) is 24.2 Å². The van der Waals surface area contributed by atoms with E-state index in [9.17, 15) is 18.3 Å². The average Bonchev–Trinajstić information content (AvgIpc) is 3.16. The predicted octanol–water partition coefficient (Wildman–Crippen LogP) is 4.24. The van der Waals surface area contributed by atoms with Crippen LogP contribution in [0.3, 0.4) is 0 Å². The highest BCUT2D eigenvalue weighted by molar-refractivity contribution is 7.88. The number of hydrogen-bond acceptors (Lipinski definition) is 5. The molecule has 0 radical (unpaired) electrons. The van der Waals surface area contributed by atoms with Gasteiger partial charge in [-0.1, -0.05) is 51.1 Å². The number of anilines is 1. The number of aromatic hydroxyl groups is 1. The van der Waals surface area contributed by atoms with Crippen molar-refractivity contribution in [2.24, 2.45) is 0 Å². The molecule has 2 bridgehead atoms. The van der Waals surface area contributed by atoms with Gasteiger partial charge in [0.2, 0.25) is 15.9 Å². The summed E-state index contributed by atoms with van der Waals surface area (Å²) in [6.07, 6.45) is 3.46. The summed E-state index contributed by atoms with van der Waals surface area (Å²) < 4.78 is 27.5. The van der Waals surface area contributed by atoms with E-state index in [2.05, 4.69) is 31.7 Å². The minimum Gasteiger partial charge on any atom is -0.508 e. The highest BCUT2D eigenvalue weighted by Crippen LogP contribution is 2.34. The van der Waals surface area contributed by atoms with Crippen molar-refractivity contribution in [3.63, 3.8) is 0 Å². The van der Waals surface area contributed by atoms with Crippen LogP contribution in [0.2, 0.25) is 0 Å². The first-order valence-corrected chi connectivity index (χ1v) is 14.6. The second-order valence-electron chi connectivity index (χ2n) is 11.3. The van der Waals surface area contributed by atoms with Gasteiger partial charge in [-0.2, -0.15) is 4.31 Å². The smallest absolute Gasteiger partial charge is 0.223 e. The SMILES string of the molecule is CC(=O)N1CC[C@H]2CC[C@@H](CN(Cc3cc(C(C)(C)C)ccc3O)Cc3ccccc31)N2S(C)(=O)=O. The number of rotatable bonds is 3. The maximum Gasteiger partial charge on any atom is 0.223 e. The minimum atomic E-state index is -3.42. The number of phenolic OH excluding ortho intramolecular Hbond substituents is 1. The summed E-state index contributed by atoms with van der Waals surface area (Å²) in [7, 11) is -3.42. The molecule has 2 atom stereocenters. The Balaban J connectivity index is 1.78. The maximum atomic E-state index is 12.9. The van der Waals surface area contributed by atoms with Crippen LogP contribution in [-0.4, -0.2) is 60.1 Å². The van der Waals surface area contributed by atoms with E-state index in [1.165, 1.54) is 6.26 Å². The van der Waals surface area contributed by atoms with Crippen LogP contribution in [0.4, 0.5) is 5.69 Å². The predicted molar refractivity (Wildman–Crippen MR) is 143 cm³/mol. The molecule has 36 heavy (non-hydrogen) atoms. The monoisotopic (exact) mass is 513 g/mol. The Labute approximate surface area is 215 Å². The lowest BCUT2D eigenvalue weighted by Crippen LogP contribution is -2.46. The van der Waals surface area contributed by atoms with Crippen molar-refractivity contribution in [3.05, 3.63) is 59.2 Å². The molecule has 2 aliphatic rings. The topological polar surface area (TPSA) is 81.2 Å². The standard InChI is InChI=1S/C28H39N3O4S/c1-20(32)30-15-14-24-11-12-25(31(24)36(5,34)35)19-29(17-21-8-6-7-9-26(21)30)18-22-16-23(28(2,3)4)10-13-27(22)33/h6-10,13,16,24-25,33H,11-12,14-15,17-19H2,1-5H3/t24-,25+/m1/s1. The zero-order chi connectivity index (χ0) is 26.3. The minimum absolute atomic E-state index is 0.0516. The second kappa shape index (κ2) is 10.1. The van der Waals surface area contributed by atoms with Crippen LogP contribution >= 0.6 is 0 Å². The van der Waals surface area contributed by atoms with E-state index in [-0.39, 0.29) is 29.2 Å². The molecule has 2 heterocycles. The number of nitrogens with zero attached hydrogens (tertiary/aromatic N) is 3. The molecule has 196 valence electrons. The lowest BCUT2D eigenvalue weighted by Gasteiger charge is -2.32. The molecule has 0 saturated carbocycles. The quantitative estimate of drug-likeness (QED) is 0.664. The zero-order valence-corrected chi connectivity index (χ0v) is 22.9. The highest BCUT2D eigenvalue weighted by Gasteiger charge is 2.41. The number of hydrogen-bond donors (Lipinski definition) is 1. The summed E-state index contributed by atoms with van der Waals surface area (Å²) in [5.74, 6) is 0.185. The summed E-state index contributed by atoms with van der Waals surface area (Å²) in [5.41, 5.74) is 3.77. The van der Waals surface area contributed by atoms with Gasteiger partial charge in [-0.05, 0) is 47.9 Å². The van der Waals surface area contributed by atoms with Gasteiger partial charge in [0.25, 0.3) is 0 Å². The Morgan fingerprint density at radius 1 is 1.06 bits per heavy atom. The third-order valence-electron chi connectivity index (χ3n) is 7.49. The Bertz CT molecular complexity index is 1220. The zero-order valence-electron chi connectivity index (χ0n) is 22.1. The van der Waals surface area contributed by atoms with Crippen molar-refractivity contribution in [1.29, 1.82) is 0 Å². The van der Waals surface area contributed by atoms with E-state index in [0.717, 1.165) is 35.2 Å². The maximum absolute atomic E-state index is 12.9. The number of carbonyl (C=O) groups excluding carboxylic acids is 1. The molecule has 2 aromatic rings. The summed E-state index contributed by atoms with van der Waals surface area (Å²) in [6, 6.07) is 13.4. The molecule has 1 N–H and O–H groups in total. The third kappa shape index (κ3) is 5.76. The van der Waals surface area contributed by atoms with Crippen LogP contribution < -0.4 is 4.90 Å². The van der Waals surface area contributed by atoms with Gasteiger partial charge in [-0.25, -0.2) is 8.42 Å². The van der Waals surface area contributed by atoms with E-state index in [4.69, 9.17) is 0 Å². The fourth-order valence-corrected chi connectivity index (χ4v) is 7.17. The number of para-hydroxylation sites is 1.